The summed E-state index contributed by atoms with van der Waals surface area (Å²) < 4.78 is 32.2. The number of rotatable bonds is 4. The second kappa shape index (κ2) is 6.00. The van der Waals surface area contributed by atoms with Crippen molar-refractivity contribution in [2.75, 3.05) is 25.5 Å². The van der Waals surface area contributed by atoms with Gasteiger partial charge in [-0.3, -0.25) is 0 Å². The van der Waals surface area contributed by atoms with Gasteiger partial charge in [-0.2, -0.15) is 4.31 Å². The van der Waals surface area contributed by atoms with E-state index in [2.05, 4.69) is 0 Å². The molecule has 0 aromatic heterocycles. The number of anilines is 1. The molecule has 1 aromatic carbocycles. The second-order valence-electron chi connectivity index (χ2n) is 4.81. The van der Waals surface area contributed by atoms with Gasteiger partial charge in [0.05, 0.1) is 23.7 Å². The molecule has 1 heterocycles. The number of morpholine rings is 1. The number of nitrogen functional groups attached to an aromatic ring is 1. The summed E-state index contributed by atoms with van der Waals surface area (Å²) in [6, 6.07) is 3.48. The molecule has 0 bridgehead atoms. The van der Waals surface area contributed by atoms with Crippen LogP contribution < -0.4 is 5.73 Å². The molecule has 8 heteroatoms. The van der Waals surface area contributed by atoms with E-state index in [0.717, 1.165) is 0 Å². The summed E-state index contributed by atoms with van der Waals surface area (Å²) in [6.07, 6.45) is 0.587. The van der Waals surface area contributed by atoms with Crippen LogP contribution >= 0.6 is 0 Å². The molecule has 2 rings (SSSR count). The van der Waals surface area contributed by atoms with Crippen molar-refractivity contribution in [3.05, 3.63) is 23.8 Å². The fraction of sp³-hybridized carbons (Fsp3) is 0.462. The number of hydrogen-bond donors (Lipinski definition) is 2. The summed E-state index contributed by atoms with van der Waals surface area (Å²) in [5.74, 6) is -1.30. The monoisotopic (exact) mass is 314 g/mol. The Kier molecular flexibility index (Phi) is 4.50. The van der Waals surface area contributed by atoms with Gasteiger partial charge in [0, 0.05) is 18.3 Å². The minimum atomic E-state index is -3.93. The summed E-state index contributed by atoms with van der Waals surface area (Å²) in [6.45, 7) is 2.66. The van der Waals surface area contributed by atoms with Crippen molar-refractivity contribution in [2.45, 2.75) is 24.3 Å². The molecule has 0 saturated carbocycles. The molecular weight excluding hydrogens is 296 g/mol. The van der Waals surface area contributed by atoms with E-state index in [4.69, 9.17) is 10.5 Å². The number of carboxylic acid groups (broad SMARTS) is 1. The van der Waals surface area contributed by atoms with Gasteiger partial charge in [-0.1, -0.05) is 6.92 Å². The van der Waals surface area contributed by atoms with Gasteiger partial charge in [-0.25, -0.2) is 13.2 Å². The number of benzene rings is 1. The largest absolute Gasteiger partial charge is 0.478 e. The first-order chi connectivity index (χ1) is 9.87. The van der Waals surface area contributed by atoms with E-state index in [9.17, 15) is 18.3 Å². The molecule has 0 aliphatic carbocycles. The number of sulfonamides is 1. The average molecular weight is 314 g/mol. The first-order valence-corrected chi connectivity index (χ1v) is 8.04. The van der Waals surface area contributed by atoms with Gasteiger partial charge in [0.1, 0.15) is 0 Å². The Morgan fingerprint density at radius 3 is 2.86 bits per heavy atom. The molecule has 1 fully saturated rings. The molecule has 0 spiro atoms. The molecule has 1 aliphatic rings. The zero-order valence-electron chi connectivity index (χ0n) is 11.7. The molecule has 7 nitrogen and oxygen atoms in total. The van der Waals surface area contributed by atoms with Crippen molar-refractivity contribution in [3.8, 4) is 0 Å². The maximum Gasteiger partial charge on any atom is 0.337 e. The van der Waals surface area contributed by atoms with Crippen LogP contribution in [0.5, 0.6) is 0 Å². The third kappa shape index (κ3) is 3.02. The number of carboxylic acids is 1. The van der Waals surface area contributed by atoms with Crippen LogP contribution in [0.1, 0.15) is 23.7 Å². The van der Waals surface area contributed by atoms with Crippen LogP contribution in [0.2, 0.25) is 0 Å². The lowest BCUT2D eigenvalue weighted by molar-refractivity contribution is 0.0313. The van der Waals surface area contributed by atoms with Crippen molar-refractivity contribution in [1.82, 2.24) is 4.31 Å². The molecular formula is C13H18N2O5S. The lowest BCUT2D eigenvalue weighted by Crippen LogP contribution is -2.48. The number of carbonyl (C=O) groups is 1. The summed E-state index contributed by atoms with van der Waals surface area (Å²) in [7, 11) is -3.93. The van der Waals surface area contributed by atoms with Crippen LogP contribution in [-0.2, 0) is 14.8 Å². The minimum absolute atomic E-state index is 0.203. The summed E-state index contributed by atoms with van der Waals surface area (Å²) in [4.78, 5) is 11.0. The van der Waals surface area contributed by atoms with E-state index < -0.39 is 16.0 Å². The Morgan fingerprint density at radius 2 is 2.24 bits per heavy atom. The Bertz CT molecular complexity index is 644. The van der Waals surface area contributed by atoms with Gasteiger partial charge in [0.15, 0.2) is 0 Å². The molecule has 0 radical (unpaired) electrons. The van der Waals surface area contributed by atoms with Gasteiger partial charge in [0.2, 0.25) is 10.0 Å². The Labute approximate surface area is 123 Å². The number of hydrogen-bond acceptors (Lipinski definition) is 5. The highest BCUT2D eigenvalue weighted by atomic mass is 32.2. The highest BCUT2D eigenvalue weighted by Crippen LogP contribution is 2.26. The van der Waals surface area contributed by atoms with Gasteiger partial charge in [0.25, 0.3) is 0 Å². The van der Waals surface area contributed by atoms with Gasteiger partial charge in [-0.15, -0.1) is 0 Å². The smallest absolute Gasteiger partial charge is 0.337 e. The molecule has 116 valence electrons. The predicted molar refractivity (Wildman–Crippen MR) is 76.6 cm³/mol. The van der Waals surface area contributed by atoms with Gasteiger partial charge < -0.3 is 15.6 Å². The van der Waals surface area contributed by atoms with E-state index in [-0.39, 0.29) is 28.7 Å². The summed E-state index contributed by atoms with van der Waals surface area (Å²) in [5, 5.41) is 9.19. The molecule has 1 atom stereocenters. The third-order valence-corrected chi connectivity index (χ3v) is 5.46. The van der Waals surface area contributed by atoms with Crippen LogP contribution in [0, 0.1) is 0 Å². The number of ether oxygens (including phenoxy) is 1. The fourth-order valence-corrected chi connectivity index (χ4v) is 4.22. The second-order valence-corrected chi connectivity index (χ2v) is 6.67. The molecule has 1 aliphatic heterocycles. The maximum atomic E-state index is 12.8. The van der Waals surface area contributed by atoms with E-state index in [1.165, 1.54) is 22.5 Å². The van der Waals surface area contributed by atoms with Gasteiger partial charge in [-0.05, 0) is 24.6 Å². The summed E-state index contributed by atoms with van der Waals surface area (Å²) in [5.41, 5.74) is 5.56. The predicted octanol–water partition coefficient (Wildman–Crippen LogP) is 0.766. The van der Waals surface area contributed by atoms with E-state index in [1.54, 1.807) is 0 Å². The topological polar surface area (TPSA) is 110 Å². The lowest BCUT2D eigenvalue weighted by Gasteiger charge is -2.34. The number of aromatic carboxylic acids is 1. The zero-order valence-corrected chi connectivity index (χ0v) is 12.5. The SMILES string of the molecule is CCC1COCCN1S(=O)(=O)c1cc(N)ccc1C(=O)O. The maximum absolute atomic E-state index is 12.8. The first-order valence-electron chi connectivity index (χ1n) is 6.60. The van der Waals surface area contributed by atoms with Crippen LogP contribution in [0.25, 0.3) is 0 Å². The number of nitrogens with zero attached hydrogens (tertiary/aromatic N) is 1. The molecule has 3 N–H and O–H groups in total. The average Bonchev–Trinajstić information content (AvgIpc) is 2.46. The van der Waals surface area contributed by atoms with E-state index >= 15 is 0 Å². The Morgan fingerprint density at radius 1 is 1.52 bits per heavy atom. The summed E-state index contributed by atoms with van der Waals surface area (Å²) >= 11 is 0. The molecule has 1 aromatic rings. The number of nitrogens with two attached hydrogens (primary N) is 1. The highest BCUT2D eigenvalue weighted by Gasteiger charge is 2.35. The quantitative estimate of drug-likeness (QED) is 0.794. The lowest BCUT2D eigenvalue weighted by atomic mass is 10.2. The standard InChI is InChI=1S/C13H18N2O5S/c1-2-10-8-20-6-5-15(10)21(18,19)12-7-9(14)3-4-11(12)13(16)17/h3-4,7,10H,2,5-6,8,14H2,1H3,(H,16,17). The van der Waals surface area contributed by atoms with Crippen LogP contribution in [-0.4, -0.2) is 49.6 Å². The van der Waals surface area contributed by atoms with Crippen molar-refractivity contribution in [2.24, 2.45) is 0 Å². The molecule has 0 amide bonds. The first kappa shape index (κ1) is 15.7. The zero-order chi connectivity index (χ0) is 15.6. The van der Waals surface area contributed by atoms with Crippen LogP contribution in [0.4, 0.5) is 5.69 Å². The molecule has 1 saturated heterocycles. The third-order valence-electron chi connectivity index (χ3n) is 3.47. The van der Waals surface area contributed by atoms with Crippen molar-refractivity contribution >= 4 is 21.7 Å². The molecule has 1 unspecified atom stereocenters. The van der Waals surface area contributed by atoms with E-state index in [1.807, 2.05) is 6.92 Å². The van der Waals surface area contributed by atoms with Crippen molar-refractivity contribution in [1.29, 1.82) is 0 Å². The van der Waals surface area contributed by atoms with Gasteiger partial charge >= 0.3 is 5.97 Å². The van der Waals surface area contributed by atoms with E-state index in [0.29, 0.717) is 19.6 Å². The minimum Gasteiger partial charge on any atom is -0.478 e. The van der Waals surface area contributed by atoms with Crippen molar-refractivity contribution in [3.63, 3.8) is 0 Å². The highest BCUT2D eigenvalue weighted by molar-refractivity contribution is 7.89. The van der Waals surface area contributed by atoms with Crippen LogP contribution in [0.15, 0.2) is 23.1 Å². The fourth-order valence-electron chi connectivity index (χ4n) is 2.33. The van der Waals surface area contributed by atoms with Crippen LogP contribution in [0.3, 0.4) is 0 Å². The Balaban J connectivity index is 2.53. The molecule has 21 heavy (non-hydrogen) atoms. The van der Waals surface area contributed by atoms with Crippen molar-refractivity contribution < 1.29 is 23.1 Å². The Hall–Kier alpha value is -1.64. The normalized spacial score (nSPS) is 20.3.